The molecular formula is C19H15N3O2. The van der Waals surface area contributed by atoms with E-state index in [1.54, 1.807) is 17.3 Å². The van der Waals surface area contributed by atoms with Gasteiger partial charge in [0, 0.05) is 5.39 Å². The van der Waals surface area contributed by atoms with Gasteiger partial charge in [0.1, 0.15) is 24.3 Å². The molecule has 0 aliphatic rings. The molecule has 5 heteroatoms. The molecule has 2 aromatic heterocycles. The molecule has 0 aliphatic heterocycles. The lowest BCUT2D eigenvalue weighted by Gasteiger charge is -2.15. The third kappa shape index (κ3) is 2.73. The summed E-state index contributed by atoms with van der Waals surface area (Å²) in [5.74, 6) is 0. The molecule has 0 aliphatic carbocycles. The quantitative estimate of drug-likeness (QED) is 0.622. The van der Waals surface area contributed by atoms with Crippen LogP contribution in [0.25, 0.3) is 22.7 Å². The van der Waals surface area contributed by atoms with Gasteiger partial charge in [-0.3, -0.25) is 0 Å². The minimum absolute atomic E-state index is 0.626. The number of aliphatic hydroxyl groups is 1. The largest absolute Gasteiger partial charge is 0.464 e. The van der Waals surface area contributed by atoms with Gasteiger partial charge in [-0.25, -0.2) is 9.67 Å². The van der Waals surface area contributed by atoms with Crippen LogP contribution in [-0.4, -0.2) is 19.9 Å². The maximum atomic E-state index is 10.9. The summed E-state index contributed by atoms with van der Waals surface area (Å²) in [5.41, 5.74) is 3.16. The Bertz CT molecular complexity index is 972. The van der Waals surface area contributed by atoms with E-state index >= 15 is 0 Å². The number of hydrogen-bond donors (Lipinski definition) is 1. The lowest BCUT2D eigenvalue weighted by Crippen LogP contribution is -2.08. The Hall–Kier alpha value is -3.18. The fraction of sp³-hybridized carbons (Fsp3) is 0.0526. The van der Waals surface area contributed by atoms with Crippen LogP contribution in [0.1, 0.15) is 17.2 Å². The standard InChI is InChI=1S/C19H15N3O2/c23-19(16-6-7-18-15(11-16)8-9-24-18)17(22-13-20-12-21-22)10-14-4-2-1-3-5-14/h1-13,19,23H/b17-10-. The second-order valence-electron chi connectivity index (χ2n) is 5.44. The van der Waals surface area contributed by atoms with Crippen LogP contribution in [0.3, 0.4) is 0 Å². The SMILES string of the molecule is OC(/C(=C/c1ccccc1)n1cncn1)c1ccc2occc2c1. The van der Waals surface area contributed by atoms with Crippen LogP contribution in [-0.2, 0) is 0 Å². The Labute approximate surface area is 138 Å². The molecule has 4 aromatic rings. The van der Waals surface area contributed by atoms with Gasteiger partial charge >= 0.3 is 0 Å². The van der Waals surface area contributed by atoms with Crippen LogP contribution in [0.4, 0.5) is 0 Å². The average Bonchev–Trinajstić information content (AvgIpc) is 3.30. The maximum absolute atomic E-state index is 10.9. The van der Waals surface area contributed by atoms with Crippen molar-refractivity contribution in [3.05, 3.63) is 84.6 Å². The third-order valence-corrected chi connectivity index (χ3v) is 3.87. The summed E-state index contributed by atoms with van der Waals surface area (Å²) in [7, 11) is 0. The van der Waals surface area contributed by atoms with Crippen molar-refractivity contribution in [3.8, 4) is 0 Å². The predicted octanol–water partition coefficient (Wildman–Crippen LogP) is 3.76. The molecule has 1 unspecified atom stereocenters. The molecule has 5 nitrogen and oxygen atoms in total. The van der Waals surface area contributed by atoms with E-state index in [0.29, 0.717) is 5.70 Å². The summed E-state index contributed by atoms with van der Waals surface area (Å²) >= 11 is 0. The molecule has 1 N–H and O–H groups in total. The second-order valence-corrected chi connectivity index (χ2v) is 5.44. The van der Waals surface area contributed by atoms with Gasteiger partial charge < -0.3 is 9.52 Å². The summed E-state index contributed by atoms with van der Waals surface area (Å²) in [4.78, 5) is 3.99. The Morgan fingerprint density at radius 2 is 2.00 bits per heavy atom. The molecule has 2 heterocycles. The summed E-state index contributed by atoms with van der Waals surface area (Å²) in [6.45, 7) is 0. The Kier molecular flexibility index (Phi) is 3.69. The summed E-state index contributed by atoms with van der Waals surface area (Å²) in [5, 5.41) is 16.0. The van der Waals surface area contributed by atoms with Crippen LogP contribution in [0.2, 0.25) is 0 Å². The van der Waals surface area contributed by atoms with Crippen LogP contribution in [0.5, 0.6) is 0 Å². The Morgan fingerprint density at radius 3 is 2.79 bits per heavy atom. The first-order chi connectivity index (χ1) is 11.8. The van der Waals surface area contributed by atoms with Gasteiger partial charge in [0.15, 0.2) is 0 Å². The van der Waals surface area contributed by atoms with E-state index in [1.165, 1.54) is 6.33 Å². The molecule has 118 valence electrons. The number of nitrogens with zero attached hydrogens (tertiary/aromatic N) is 3. The van der Waals surface area contributed by atoms with Crippen molar-refractivity contribution in [1.82, 2.24) is 14.8 Å². The normalized spacial score (nSPS) is 13.3. The van der Waals surface area contributed by atoms with Crippen molar-refractivity contribution in [3.63, 3.8) is 0 Å². The molecule has 0 saturated carbocycles. The van der Waals surface area contributed by atoms with Gasteiger partial charge in [0.25, 0.3) is 0 Å². The highest BCUT2D eigenvalue weighted by atomic mass is 16.3. The average molecular weight is 317 g/mol. The van der Waals surface area contributed by atoms with Crippen molar-refractivity contribution < 1.29 is 9.52 Å². The van der Waals surface area contributed by atoms with Crippen LogP contribution in [0, 0.1) is 0 Å². The molecule has 0 radical (unpaired) electrons. The van der Waals surface area contributed by atoms with E-state index < -0.39 is 6.10 Å². The lowest BCUT2D eigenvalue weighted by atomic mass is 10.0. The van der Waals surface area contributed by atoms with Gasteiger partial charge in [0.05, 0.1) is 12.0 Å². The molecule has 0 spiro atoms. The number of aromatic nitrogens is 3. The highest BCUT2D eigenvalue weighted by Crippen LogP contribution is 2.29. The number of benzene rings is 2. The predicted molar refractivity (Wildman–Crippen MR) is 91.8 cm³/mol. The van der Waals surface area contributed by atoms with E-state index in [4.69, 9.17) is 4.42 Å². The van der Waals surface area contributed by atoms with Crippen molar-refractivity contribution in [2.75, 3.05) is 0 Å². The maximum Gasteiger partial charge on any atom is 0.138 e. The zero-order valence-corrected chi connectivity index (χ0v) is 12.8. The van der Waals surface area contributed by atoms with E-state index in [-0.39, 0.29) is 0 Å². The molecule has 0 fully saturated rings. The molecule has 0 amide bonds. The molecule has 0 saturated heterocycles. The molecule has 0 bridgehead atoms. The third-order valence-electron chi connectivity index (χ3n) is 3.87. The topological polar surface area (TPSA) is 64.1 Å². The second kappa shape index (κ2) is 6.14. The molecular weight excluding hydrogens is 302 g/mol. The van der Waals surface area contributed by atoms with Crippen molar-refractivity contribution in [1.29, 1.82) is 0 Å². The van der Waals surface area contributed by atoms with E-state index in [0.717, 1.165) is 22.1 Å². The monoisotopic (exact) mass is 317 g/mol. The lowest BCUT2D eigenvalue weighted by molar-refractivity contribution is 0.231. The number of rotatable bonds is 4. The first kappa shape index (κ1) is 14.4. The smallest absolute Gasteiger partial charge is 0.138 e. The van der Waals surface area contributed by atoms with Gasteiger partial charge in [-0.15, -0.1) is 0 Å². The molecule has 24 heavy (non-hydrogen) atoms. The van der Waals surface area contributed by atoms with E-state index in [2.05, 4.69) is 10.1 Å². The van der Waals surface area contributed by atoms with Gasteiger partial charge in [-0.1, -0.05) is 36.4 Å². The summed E-state index contributed by atoms with van der Waals surface area (Å²) < 4.78 is 6.94. The first-order valence-corrected chi connectivity index (χ1v) is 7.58. The van der Waals surface area contributed by atoms with Crippen molar-refractivity contribution >= 4 is 22.7 Å². The van der Waals surface area contributed by atoms with Crippen LogP contribution < -0.4 is 0 Å². The highest BCUT2D eigenvalue weighted by molar-refractivity contribution is 5.80. The zero-order valence-electron chi connectivity index (χ0n) is 12.8. The number of furan rings is 1. The fourth-order valence-electron chi connectivity index (χ4n) is 2.66. The van der Waals surface area contributed by atoms with Gasteiger partial charge in [0.2, 0.25) is 0 Å². The fourth-order valence-corrected chi connectivity index (χ4v) is 2.66. The number of aliphatic hydroxyl groups excluding tert-OH is 1. The van der Waals surface area contributed by atoms with Crippen molar-refractivity contribution in [2.24, 2.45) is 0 Å². The summed E-state index contributed by atoms with van der Waals surface area (Å²) in [6.07, 6.45) is 5.73. The first-order valence-electron chi connectivity index (χ1n) is 7.58. The summed E-state index contributed by atoms with van der Waals surface area (Å²) in [6, 6.07) is 17.3. The number of fused-ring (bicyclic) bond motifs is 1. The Morgan fingerprint density at radius 1 is 1.12 bits per heavy atom. The van der Waals surface area contributed by atoms with Gasteiger partial charge in [-0.2, -0.15) is 5.10 Å². The number of hydrogen-bond acceptors (Lipinski definition) is 4. The Balaban J connectivity index is 1.79. The van der Waals surface area contributed by atoms with E-state index in [1.807, 2.05) is 60.7 Å². The van der Waals surface area contributed by atoms with E-state index in [9.17, 15) is 5.11 Å². The van der Waals surface area contributed by atoms with Gasteiger partial charge in [-0.05, 0) is 35.4 Å². The molecule has 1 atom stereocenters. The minimum atomic E-state index is -0.841. The van der Waals surface area contributed by atoms with Crippen LogP contribution >= 0.6 is 0 Å². The molecule has 2 aromatic carbocycles. The highest BCUT2D eigenvalue weighted by Gasteiger charge is 2.17. The molecule has 4 rings (SSSR count). The zero-order chi connectivity index (χ0) is 16.4. The van der Waals surface area contributed by atoms with Crippen molar-refractivity contribution in [2.45, 2.75) is 6.10 Å². The minimum Gasteiger partial charge on any atom is -0.464 e. The van der Waals surface area contributed by atoms with Crippen LogP contribution in [0.15, 0.2) is 77.9 Å².